The highest BCUT2D eigenvalue weighted by Crippen LogP contribution is 2.21. The van der Waals surface area contributed by atoms with Crippen LogP contribution in [0.25, 0.3) is 0 Å². The zero-order chi connectivity index (χ0) is 16.9. The Morgan fingerprint density at radius 1 is 0.917 bits per heavy atom. The van der Waals surface area contributed by atoms with Gasteiger partial charge in [-0.2, -0.15) is 0 Å². The summed E-state index contributed by atoms with van der Waals surface area (Å²) >= 11 is 0. The Bertz CT molecular complexity index is 656. The molecule has 2 aromatic carbocycles. The monoisotopic (exact) mass is 322 g/mol. The molecule has 3 heteroatoms. The molecule has 1 fully saturated rings. The van der Waals surface area contributed by atoms with E-state index in [0.717, 1.165) is 31.7 Å². The van der Waals surface area contributed by atoms with Crippen molar-refractivity contribution in [2.24, 2.45) is 0 Å². The average molecular weight is 322 g/mol. The van der Waals surface area contributed by atoms with Crippen molar-refractivity contribution in [3.05, 3.63) is 65.7 Å². The lowest BCUT2D eigenvalue weighted by molar-refractivity contribution is -0.130. The Balaban J connectivity index is 1.54. The molecule has 2 aromatic rings. The second kappa shape index (κ2) is 7.52. The molecular weight excluding hydrogens is 296 g/mol. The van der Waals surface area contributed by atoms with Gasteiger partial charge < -0.3 is 9.80 Å². The third-order valence-electron chi connectivity index (χ3n) is 4.76. The number of hydrogen-bond donors (Lipinski definition) is 0. The van der Waals surface area contributed by atoms with Gasteiger partial charge in [0.15, 0.2) is 0 Å². The first-order chi connectivity index (χ1) is 11.6. The summed E-state index contributed by atoms with van der Waals surface area (Å²) < 4.78 is 0. The summed E-state index contributed by atoms with van der Waals surface area (Å²) in [6.45, 7) is 7.84. The molecule has 0 atom stereocenters. The van der Waals surface area contributed by atoms with Gasteiger partial charge in [-0.25, -0.2) is 0 Å². The molecule has 1 aliphatic rings. The van der Waals surface area contributed by atoms with Gasteiger partial charge in [0, 0.05) is 31.9 Å². The predicted molar refractivity (Wildman–Crippen MR) is 99.5 cm³/mol. The topological polar surface area (TPSA) is 23.6 Å². The number of amides is 1. The van der Waals surface area contributed by atoms with Gasteiger partial charge in [0.1, 0.15) is 0 Å². The van der Waals surface area contributed by atoms with E-state index < -0.39 is 0 Å². The molecule has 0 bridgehead atoms. The van der Waals surface area contributed by atoms with Crippen molar-refractivity contribution in [1.82, 2.24) is 4.90 Å². The highest BCUT2D eigenvalue weighted by molar-refractivity contribution is 5.79. The molecule has 3 rings (SSSR count). The normalized spacial score (nSPS) is 15.0. The fraction of sp³-hybridized carbons (Fsp3) is 0.381. The minimum absolute atomic E-state index is 0.232. The number of anilines is 1. The van der Waals surface area contributed by atoms with Gasteiger partial charge in [0.05, 0.1) is 6.42 Å². The lowest BCUT2D eigenvalue weighted by Crippen LogP contribution is -2.49. The molecule has 1 saturated heterocycles. The maximum Gasteiger partial charge on any atom is 0.227 e. The Morgan fingerprint density at radius 2 is 1.54 bits per heavy atom. The zero-order valence-electron chi connectivity index (χ0n) is 14.6. The van der Waals surface area contributed by atoms with E-state index in [1.807, 2.05) is 35.2 Å². The molecule has 0 aliphatic carbocycles. The molecule has 0 aromatic heterocycles. The van der Waals surface area contributed by atoms with E-state index in [2.05, 4.69) is 43.0 Å². The largest absolute Gasteiger partial charge is 0.368 e. The summed E-state index contributed by atoms with van der Waals surface area (Å²) in [6.07, 6.45) is 0.504. The number of carbonyl (C=O) groups excluding carboxylic acids is 1. The first kappa shape index (κ1) is 16.6. The third kappa shape index (κ3) is 3.97. The molecule has 3 nitrogen and oxygen atoms in total. The van der Waals surface area contributed by atoms with E-state index in [4.69, 9.17) is 0 Å². The van der Waals surface area contributed by atoms with Crippen molar-refractivity contribution in [3.63, 3.8) is 0 Å². The number of piperazine rings is 1. The molecule has 1 aliphatic heterocycles. The number of nitrogens with zero attached hydrogens (tertiary/aromatic N) is 2. The molecule has 0 N–H and O–H groups in total. The first-order valence-corrected chi connectivity index (χ1v) is 8.80. The summed E-state index contributed by atoms with van der Waals surface area (Å²) in [4.78, 5) is 16.8. The van der Waals surface area contributed by atoms with Crippen LogP contribution >= 0.6 is 0 Å². The van der Waals surface area contributed by atoms with Gasteiger partial charge in [-0.1, -0.05) is 56.3 Å². The van der Waals surface area contributed by atoms with E-state index in [-0.39, 0.29) is 5.91 Å². The van der Waals surface area contributed by atoms with E-state index in [0.29, 0.717) is 12.3 Å². The molecule has 0 saturated carbocycles. The fourth-order valence-electron chi connectivity index (χ4n) is 3.17. The zero-order valence-corrected chi connectivity index (χ0v) is 14.6. The van der Waals surface area contributed by atoms with Crippen LogP contribution in [0.5, 0.6) is 0 Å². The lowest BCUT2D eigenvalue weighted by atomic mass is 10.0. The summed E-state index contributed by atoms with van der Waals surface area (Å²) in [6, 6.07) is 18.8. The van der Waals surface area contributed by atoms with Crippen molar-refractivity contribution in [2.75, 3.05) is 31.1 Å². The average Bonchev–Trinajstić information content (AvgIpc) is 2.63. The van der Waals surface area contributed by atoms with Crippen LogP contribution in [0.15, 0.2) is 54.6 Å². The molecule has 0 spiro atoms. The van der Waals surface area contributed by atoms with Crippen LogP contribution in [0.1, 0.15) is 30.9 Å². The summed E-state index contributed by atoms with van der Waals surface area (Å²) in [5.74, 6) is 0.794. The Hall–Kier alpha value is -2.29. The number of carbonyl (C=O) groups is 1. The van der Waals surface area contributed by atoms with Crippen LogP contribution < -0.4 is 4.90 Å². The number of hydrogen-bond acceptors (Lipinski definition) is 2. The molecule has 1 heterocycles. The maximum absolute atomic E-state index is 12.4. The Kier molecular flexibility index (Phi) is 5.19. The van der Waals surface area contributed by atoms with Crippen LogP contribution in [0.3, 0.4) is 0 Å². The van der Waals surface area contributed by atoms with Crippen LogP contribution in [0.4, 0.5) is 5.69 Å². The van der Waals surface area contributed by atoms with Gasteiger partial charge >= 0.3 is 0 Å². The molecule has 0 unspecified atom stereocenters. The minimum atomic E-state index is 0.232. The van der Waals surface area contributed by atoms with Crippen molar-refractivity contribution >= 4 is 11.6 Å². The fourth-order valence-corrected chi connectivity index (χ4v) is 3.17. The van der Waals surface area contributed by atoms with Crippen LogP contribution in [-0.4, -0.2) is 37.0 Å². The van der Waals surface area contributed by atoms with E-state index in [1.165, 1.54) is 11.3 Å². The van der Waals surface area contributed by atoms with Crippen LogP contribution in [0.2, 0.25) is 0 Å². The summed E-state index contributed by atoms with van der Waals surface area (Å²) in [5, 5.41) is 0. The maximum atomic E-state index is 12.4. The van der Waals surface area contributed by atoms with Crippen LogP contribution in [0, 0.1) is 0 Å². The van der Waals surface area contributed by atoms with Gasteiger partial charge in [-0.15, -0.1) is 0 Å². The highest BCUT2D eigenvalue weighted by atomic mass is 16.2. The second-order valence-electron chi connectivity index (χ2n) is 6.78. The molecule has 126 valence electrons. The Morgan fingerprint density at radius 3 is 2.12 bits per heavy atom. The smallest absolute Gasteiger partial charge is 0.227 e. The van der Waals surface area contributed by atoms with E-state index in [9.17, 15) is 4.79 Å². The van der Waals surface area contributed by atoms with E-state index in [1.54, 1.807) is 0 Å². The minimum Gasteiger partial charge on any atom is -0.368 e. The van der Waals surface area contributed by atoms with Gasteiger partial charge in [-0.3, -0.25) is 4.79 Å². The van der Waals surface area contributed by atoms with Crippen molar-refractivity contribution in [2.45, 2.75) is 26.2 Å². The molecule has 1 amide bonds. The van der Waals surface area contributed by atoms with Gasteiger partial charge in [-0.05, 0) is 29.2 Å². The van der Waals surface area contributed by atoms with Crippen molar-refractivity contribution in [3.8, 4) is 0 Å². The van der Waals surface area contributed by atoms with E-state index >= 15 is 0 Å². The molecular formula is C21H26N2O. The first-order valence-electron chi connectivity index (χ1n) is 8.80. The summed E-state index contributed by atoms with van der Waals surface area (Å²) in [7, 11) is 0. The molecule has 0 radical (unpaired) electrons. The Labute approximate surface area is 144 Å². The number of benzene rings is 2. The molecule has 24 heavy (non-hydrogen) atoms. The van der Waals surface area contributed by atoms with Crippen LogP contribution in [-0.2, 0) is 11.2 Å². The quantitative estimate of drug-likeness (QED) is 0.857. The van der Waals surface area contributed by atoms with Gasteiger partial charge in [0.25, 0.3) is 0 Å². The highest BCUT2D eigenvalue weighted by Gasteiger charge is 2.21. The lowest BCUT2D eigenvalue weighted by Gasteiger charge is -2.36. The SMILES string of the molecule is CC(C)c1ccc(N2CCN(C(=O)Cc3ccccc3)CC2)cc1. The third-order valence-corrected chi connectivity index (χ3v) is 4.76. The standard InChI is InChI=1S/C21H26N2O/c1-17(2)19-8-10-20(11-9-19)22-12-14-23(15-13-22)21(24)16-18-6-4-3-5-7-18/h3-11,17H,12-16H2,1-2H3. The second-order valence-corrected chi connectivity index (χ2v) is 6.78. The summed E-state index contributed by atoms with van der Waals surface area (Å²) in [5.41, 5.74) is 3.72. The van der Waals surface area contributed by atoms with Crippen molar-refractivity contribution < 1.29 is 4.79 Å². The van der Waals surface area contributed by atoms with Gasteiger partial charge in [0.2, 0.25) is 5.91 Å². The predicted octanol–water partition coefficient (Wildman–Crippen LogP) is 3.70. The number of rotatable bonds is 4. The van der Waals surface area contributed by atoms with Crippen molar-refractivity contribution in [1.29, 1.82) is 0 Å².